The summed E-state index contributed by atoms with van der Waals surface area (Å²) < 4.78 is 1.76. The Morgan fingerprint density at radius 3 is 2.53 bits per heavy atom. The number of hydrogen-bond donors (Lipinski definition) is 2. The molecule has 4 nitrogen and oxygen atoms in total. The van der Waals surface area contributed by atoms with Crippen molar-refractivity contribution in [2.45, 2.75) is 33.2 Å². The highest BCUT2D eigenvalue weighted by atomic mass is 35.5. The number of hydrogen-bond acceptors (Lipinski definition) is 3. The number of aromatic nitrogens is 2. The molecule has 0 fully saturated rings. The van der Waals surface area contributed by atoms with Gasteiger partial charge in [0.05, 0.1) is 23.0 Å². The molecule has 0 spiro atoms. The number of hydrazine groups is 1. The van der Waals surface area contributed by atoms with Crippen LogP contribution in [0.2, 0.25) is 5.02 Å². The second-order valence-corrected chi connectivity index (χ2v) is 5.39. The summed E-state index contributed by atoms with van der Waals surface area (Å²) in [5.41, 5.74) is 3.92. The van der Waals surface area contributed by atoms with E-state index in [4.69, 9.17) is 17.4 Å². The molecule has 0 amide bonds. The van der Waals surface area contributed by atoms with Gasteiger partial charge in [-0.05, 0) is 11.8 Å². The van der Waals surface area contributed by atoms with Crippen LogP contribution in [0.25, 0.3) is 0 Å². The van der Waals surface area contributed by atoms with Gasteiger partial charge < -0.3 is 0 Å². The predicted molar refractivity (Wildman–Crippen MR) is 62.4 cm³/mol. The van der Waals surface area contributed by atoms with Crippen LogP contribution in [0.1, 0.15) is 38.9 Å². The van der Waals surface area contributed by atoms with Crippen molar-refractivity contribution in [1.29, 1.82) is 0 Å². The van der Waals surface area contributed by atoms with E-state index in [2.05, 4.69) is 31.3 Å². The number of halogens is 1. The van der Waals surface area contributed by atoms with Gasteiger partial charge in [-0.1, -0.05) is 32.4 Å². The van der Waals surface area contributed by atoms with E-state index < -0.39 is 0 Å². The standard InChI is InChI=1S/C10H19ClN4/c1-10(2,3)5-8(14-12)9-7(11)6-13-15(9)4/h6,8,14H,5,12H2,1-4H3. The molecule has 0 aliphatic heterocycles. The summed E-state index contributed by atoms with van der Waals surface area (Å²) in [6.45, 7) is 6.50. The van der Waals surface area contributed by atoms with Gasteiger partial charge in [0.15, 0.2) is 0 Å². The van der Waals surface area contributed by atoms with Crippen molar-refractivity contribution in [3.63, 3.8) is 0 Å². The summed E-state index contributed by atoms with van der Waals surface area (Å²) in [5.74, 6) is 5.56. The van der Waals surface area contributed by atoms with Gasteiger partial charge in [-0.15, -0.1) is 0 Å². The molecule has 5 heteroatoms. The molecule has 1 aromatic rings. The van der Waals surface area contributed by atoms with Gasteiger partial charge >= 0.3 is 0 Å². The van der Waals surface area contributed by atoms with Crippen molar-refractivity contribution in [1.82, 2.24) is 15.2 Å². The molecular formula is C10H19ClN4. The van der Waals surface area contributed by atoms with Gasteiger partial charge in [-0.2, -0.15) is 5.10 Å². The number of aryl methyl sites for hydroxylation is 1. The first kappa shape index (κ1) is 12.5. The number of nitrogens with two attached hydrogens (primary N) is 1. The minimum absolute atomic E-state index is 0.0324. The molecule has 0 aromatic carbocycles. The van der Waals surface area contributed by atoms with Crippen LogP contribution in [0.3, 0.4) is 0 Å². The predicted octanol–water partition coefficient (Wildman–Crippen LogP) is 2.01. The highest BCUT2D eigenvalue weighted by molar-refractivity contribution is 6.31. The van der Waals surface area contributed by atoms with Crippen LogP contribution in [0.4, 0.5) is 0 Å². The summed E-state index contributed by atoms with van der Waals surface area (Å²) in [6.07, 6.45) is 2.55. The maximum Gasteiger partial charge on any atom is 0.0834 e. The summed E-state index contributed by atoms with van der Waals surface area (Å²) in [7, 11) is 1.87. The third-order valence-electron chi connectivity index (χ3n) is 2.29. The third kappa shape index (κ3) is 3.19. The number of nitrogens with zero attached hydrogens (tertiary/aromatic N) is 2. The van der Waals surface area contributed by atoms with Crippen LogP contribution < -0.4 is 11.3 Å². The van der Waals surface area contributed by atoms with Crippen LogP contribution >= 0.6 is 11.6 Å². The van der Waals surface area contributed by atoms with E-state index in [9.17, 15) is 0 Å². The van der Waals surface area contributed by atoms with Gasteiger partial charge in [0.2, 0.25) is 0 Å². The largest absolute Gasteiger partial charge is 0.271 e. The van der Waals surface area contributed by atoms with Crippen molar-refractivity contribution < 1.29 is 0 Å². The van der Waals surface area contributed by atoms with Gasteiger partial charge in [0.25, 0.3) is 0 Å². The first-order valence-electron chi connectivity index (χ1n) is 4.98. The summed E-state index contributed by atoms with van der Waals surface area (Å²) in [4.78, 5) is 0. The molecule has 1 unspecified atom stereocenters. The van der Waals surface area contributed by atoms with Crippen LogP contribution in [-0.4, -0.2) is 9.78 Å². The molecule has 0 bridgehead atoms. The molecule has 15 heavy (non-hydrogen) atoms. The second kappa shape index (κ2) is 4.51. The molecule has 1 atom stereocenters. The first-order chi connectivity index (χ1) is 6.85. The van der Waals surface area contributed by atoms with E-state index in [1.54, 1.807) is 10.9 Å². The Kier molecular flexibility index (Phi) is 3.76. The minimum Gasteiger partial charge on any atom is -0.271 e. The average molecular weight is 231 g/mol. The Bertz CT molecular complexity index is 307. The van der Waals surface area contributed by atoms with Crippen LogP contribution in [0.5, 0.6) is 0 Å². The average Bonchev–Trinajstić information content (AvgIpc) is 2.41. The van der Waals surface area contributed by atoms with Crippen molar-refractivity contribution >= 4 is 11.6 Å². The molecule has 1 heterocycles. The molecule has 0 saturated carbocycles. The lowest BCUT2D eigenvalue weighted by atomic mass is 9.87. The van der Waals surface area contributed by atoms with Crippen LogP contribution in [0, 0.1) is 5.41 Å². The normalized spacial score (nSPS) is 14.3. The Morgan fingerprint density at radius 1 is 1.60 bits per heavy atom. The summed E-state index contributed by atoms with van der Waals surface area (Å²) in [5, 5.41) is 4.76. The molecule has 1 aromatic heterocycles. The summed E-state index contributed by atoms with van der Waals surface area (Å²) >= 11 is 6.07. The van der Waals surface area contributed by atoms with E-state index in [0.717, 1.165) is 12.1 Å². The lowest BCUT2D eigenvalue weighted by Gasteiger charge is -2.25. The maximum absolute atomic E-state index is 6.07. The van der Waals surface area contributed by atoms with Gasteiger partial charge in [0, 0.05) is 7.05 Å². The molecule has 0 aliphatic carbocycles. The van der Waals surface area contributed by atoms with E-state index >= 15 is 0 Å². The molecule has 1 rings (SSSR count). The Hall–Kier alpha value is -0.580. The Labute approximate surface area is 95.8 Å². The SMILES string of the molecule is Cn1ncc(Cl)c1C(CC(C)(C)C)NN. The van der Waals surface area contributed by atoms with E-state index in [0.29, 0.717) is 5.02 Å². The minimum atomic E-state index is 0.0324. The first-order valence-corrected chi connectivity index (χ1v) is 5.36. The number of rotatable bonds is 3. The lowest BCUT2D eigenvalue weighted by molar-refractivity contribution is 0.305. The van der Waals surface area contributed by atoms with Crippen molar-refractivity contribution in [2.75, 3.05) is 0 Å². The van der Waals surface area contributed by atoms with Gasteiger partial charge in [-0.25, -0.2) is 0 Å². The third-order valence-corrected chi connectivity index (χ3v) is 2.58. The zero-order chi connectivity index (χ0) is 11.6. The molecule has 86 valence electrons. The molecular weight excluding hydrogens is 212 g/mol. The van der Waals surface area contributed by atoms with E-state index in [1.165, 1.54) is 0 Å². The fourth-order valence-corrected chi connectivity index (χ4v) is 1.96. The fraction of sp³-hybridized carbons (Fsp3) is 0.700. The van der Waals surface area contributed by atoms with Crippen LogP contribution in [-0.2, 0) is 7.05 Å². The van der Waals surface area contributed by atoms with Crippen molar-refractivity contribution in [3.05, 3.63) is 16.9 Å². The molecule has 0 saturated heterocycles. The smallest absolute Gasteiger partial charge is 0.0834 e. The van der Waals surface area contributed by atoms with Gasteiger partial charge in [-0.3, -0.25) is 16.0 Å². The molecule has 0 radical (unpaired) electrons. The highest BCUT2D eigenvalue weighted by Gasteiger charge is 2.23. The van der Waals surface area contributed by atoms with E-state index in [-0.39, 0.29) is 11.5 Å². The van der Waals surface area contributed by atoms with Crippen molar-refractivity contribution in [3.8, 4) is 0 Å². The zero-order valence-electron chi connectivity index (χ0n) is 9.71. The Morgan fingerprint density at radius 2 is 2.20 bits per heavy atom. The lowest BCUT2D eigenvalue weighted by Crippen LogP contribution is -2.32. The Balaban J connectivity index is 2.93. The molecule has 0 aliphatic rings. The monoisotopic (exact) mass is 230 g/mol. The highest BCUT2D eigenvalue weighted by Crippen LogP contribution is 2.31. The van der Waals surface area contributed by atoms with Gasteiger partial charge in [0.1, 0.15) is 0 Å². The van der Waals surface area contributed by atoms with Crippen LogP contribution in [0.15, 0.2) is 6.20 Å². The molecule has 3 N–H and O–H groups in total. The quantitative estimate of drug-likeness (QED) is 0.617. The van der Waals surface area contributed by atoms with E-state index in [1.807, 2.05) is 7.05 Å². The zero-order valence-corrected chi connectivity index (χ0v) is 10.5. The fourth-order valence-electron chi connectivity index (χ4n) is 1.66. The second-order valence-electron chi connectivity index (χ2n) is 4.99. The summed E-state index contributed by atoms with van der Waals surface area (Å²) in [6, 6.07) is 0.0324. The number of nitrogens with one attached hydrogen (secondary N) is 1. The van der Waals surface area contributed by atoms with Crippen molar-refractivity contribution in [2.24, 2.45) is 18.3 Å². The topological polar surface area (TPSA) is 55.9 Å². The maximum atomic E-state index is 6.07.